The largest absolute Gasteiger partial charge is 0.459 e. The van der Waals surface area contributed by atoms with Crippen molar-refractivity contribution in [3.05, 3.63) is 34.9 Å². The van der Waals surface area contributed by atoms with E-state index in [0.29, 0.717) is 10.6 Å². The molecule has 0 aliphatic heterocycles. The minimum Gasteiger partial charge on any atom is -0.459 e. The molecule has 1 amide bonds. The van der Waals surface area contributed by atoms with E-state index >= 15 is 0 Å². The first-order valence-corrected chi connectivity index (χ1v) is 8.57. The van der Waals surface area contributed by atoms with Crippen LogP contribution in [-0.4, -0.2) is 29.8 Å². The molecule has 1 N–H and O–H groups in total. The minimum atomic E-state index is -0.505. The quantitative estimate of drug-likeness (QED) is 0.821. The summed E-state index contributed by atoms with van der Waals surface area (Å²) in [6.45, 7) is 5.50. The summed E-state index contributed by atoms with van der Waals surface area (Å²) < 4.78 is 10.8. The van der Waals surface area contributed by atoms with Gasteiger partial charge in [-0.25, -0.2) is 9.59 Å². The summed E-state index contributed by atoms with van der Waals surface area (Å²) in [5, 5.41) is 3.45. The van der Waals surface area contributed by atoms with Crippen LogP contribution in [0.15, 0.2) is 24.3 Å². The number of rotatable bonds is 3. The Morgan fingerprint density at radius 1 is 1.08 bits per heavy atom. The normalized spacial score (nSPS) is 21.0. The van der Waals surface area contributed by atoms with Crippen molar-refractivity contribution in [2.24, 2.45) is 0 Å². The van der Waals surface area contributed by atoms with Gasteiger partial charge in [0.05, 0.1) is 5.56 Å². The number of carbonyl (C=O) groups is 2. The highest BCUT2D eigenvalue weighted by Crippen LogP contribution is 2.23. The smallest absolute Gasteiger partial charge is 0.407 e. The van der Waals surface area contributed by atoms with Gasteiger partial charge in [-0.05, 0) is 70.7 Å². The van der Waals surface area contributed by atoms with Crippen LogP contribution in [-0.2, 0) is 9.47 Å². The first-order valence-electron chi connectivity index (χ1n) is 8.19. The molecule has 1 aliphatic carbocycles. The maximum Gasteiger partial charge on any atom is 0.407 e. The van der Waals surface area contributed by atoms with E-state index in [2.05, 4.69) is 5.32 Å². The molecule has 0 saturated heterocycles. The fraction of sp³-hybridized carbons (Fsp3) is 0.556. The molecule has 0 spiro atoms. The second kappa shape index (κ2) is 7.88. The molecular formula is C18H24ClNO4. The van der Waals surface area contributed by atoms with Crippen LogP contribution < -0.4 is 5.32 Å². The van der Waals surface area contributed by atoms with Crippen molar-refractivity contribution >= 4 is 23.7 Å². The predicted octanol–water partition coefficient (Wildman–Crippen LogP) is 4.33. The van der Waals surface area contributed by atoms with Crippen LogP contribution in [0.1, 0.15) is 56.8 Å². The van der Waals surface area contributed by atoms with Crippen LogP contribution in [0.25, 0.3) is 0 Å². The highest BCUT2D eigenvalue weighted by atomic mass is 35.5. The third kappa shape index (κ3) is 6.04. The number of amides is 1. The lowest BCUT2D eigenvalue weighted by molar-refractivity contribution is 0.0162. The van der Waals surface area contributed by atoms with E-state index in [0.717, 1.165) is 25.7 Å². The van der Waals surface area contributed by atoms with Gasteiger partial charge in [-0.15, -0.1) is 0 Å². The van der Waals surface area contributed by atoms with Crippen molar-refractivity contribution in [1.29, 1.82) is 0 Å². The van der Waals surface area contributed by atoms with Crippen molar-refractivity contribution in [2.75, 3.05) is 0 Å². The monoisotopic (exact) mass is 353 g/mol. The molecular weight excluding hydrogens is 330 g/mol. The Hall–Kier alpha value is -1.75. The second-order valence-electron chi connectivity index (χ2n) is 7.03. The molecule has 0 aromatic heterocycles. The number of hydrogen-bond donors (Lipinski definition) is 1. The molecule has 0 unspecified atom stereocenters. The van der Waals surface area contributed by atoms with E-state index < -0.39 is 11.7 Å². The van der Waals surface area contributed by atoms with Gasteiger partial charge in [-0.2, -0.15) is 0 Å². The minimum absolute atomic E-state index is 0.0605. The Morgan fingerprint density at radius 3 is 2.21 bits per heavy atom. The van der Waals surface area contributed by atoms with Gasteiger partial charge < -0.3 is 14.8 Å². The molecule has 0 bridgehead atoms. The van der Waals surface area contributed by atoms with Gasteiger partial charge in [0.1, 0.15) is 11.7 Å². The summed E-state index contributed by atoms with van der Waals surface area (Å²) in [6.07, 6.45) is 2.45. The fourth-order valence-corrected chi connectivity index (χ4v) is 2.73. The number of carbonyl (C=O) groups excluding carboxylic acids is 2. The standard InChI is InChI=1S/C18H24ClNO4/c1-18(2,3)24-17(22)20-14-8-10-15(11-9-14)23-16(21)12-4-6-13(19)7-5-12/h4-7,14-15H,8-11H2,1-3H3,(H,20,22)/t14-,15+. The highest BCUT2D eigenvalue weighted by molar-refractivity contribution is 6.30. The fourth-order valence-electron chi connectivity index (χ4n) is 2.60. The van der Waals surface area contributed by atoms with E-state index in [-0.39, 0.29) is 18.1 Å². The van der Waals surface area contributed by atoms with Gasteiger partial charge in [-0.3, -0.25) is 0 Å². The number of hydrogen-bond acceptors (Lipinski definition) is 4. The Morgan fingerprint density at radius 2 is 1.67 bits per heavy atom. The number of esters is 1. The molecule has 24 heavy (non-hydrogen) atoms. The van der Waals surface area contributed by atoms with Crippen LogP contribution in [0, 0.1) is 0 Å². The molecule has 6 heteroatoms. The Bertz CT molecular complexity index is 572. The zero-order valence-electron chi connectivity index (χ0n) is 14.3. The lowest BCUT2D eigenvalue weighted by Crippen LogP contribution is -2.42. The zero-order valence-corrected chi connectivity index (χ0v) is 15.1. The van der Waals surface area contributed by atoms with Crippen molar-refractivity contribution in [3.8, 4) is 0 Å². The Balaban J connectivity index is 1.75. The molecule has 0 heterocycles. The van der Waals surface area contributed by atoms with Gasteiger partial charge in [0, 0.05) is 11.1 Å². The average molecular weight is 354 g/mol. The number of alkyl carbamates (subject to hydrolysis) is 1. The van der Waals surface area contributed by atoms with Gasteiger partial charge in [0.15, 0.2) is 0 Å². The van der Waals surface area contributed by atoms with E-state index in [1.165, 1.54) is 0 Å². The molecule has 2 rings (SSSR count). The highest BCUT2D eigenvalue weighted by Gasteiger charge is 2.26. The first kappa shape index (κ1) is 18.6. The van der Waals surface area contributed by atoms with Crippen LogP contribution in [0.2, 0.25) is 5.02 Å². The number of halogens is 1. The van der Waals surface area contributed by atoms with Gasteiger partial charge in [0.2, 0.25) is 0 Å². The number of benzene rings is 1. The summed E-state index contributed by atoms with van der Waals surface area (Å²) in [5.41, 5.74) is -0.0107. The second-order valence-corrected chi connectivity index (χ2v) is 7.47. The molecule has 1 fully saturated rings. The third-order valence-corrected chi connectivity index (χ3v) is 4.00. The Labute approximate surface area is 147 Å². The van der Waals surface area contributed by atoms with Crippen molar-refractivity contribution in [3.63, 3.8) is 0 Å². The summed E-state index contributed by atoms with van der Waals surface area (Å²) in [6, 6.07) is 6.70. The predicted molar refractivity (Wildman–Crippen MR) is 92.3 cm³/mol. The summed E-state index contributed by atoms with van der Waals surface area (Å²) >= 11 is 5.81. The first-order chi connectivity index (χ1) is 11.2. The van der Waals surface area contributed by atoms with Crippen molar-refractivity contribution in [2.45, 2.75) is 64.2 Å². The lowest BCUT2D eigenvalue weighted by atomic mass is 9.93. The Kier molecular flexibility index (Phi) is 6.10. The topological polar surface area (TPSA) is 64.6 Å². The van der Waals surface area contributed by atoms with Crippen LogP contribution in [0.4, 0.5) is 4.79 Å². The molecule has 0 atom stereocenters. The summed E-state index contributed by atoms with van der Waals surface area (Å²) in [5.74, 6) is -0.338. The van der Waals surface area contributed by atoms with Gasteiger partial charge >= 0.3 is 12.1 Å². The lowest BCUT2D eigenvalue weighted by Gasteiger charge is -2.29. The molecule has 5 nitrogen and oxygen atoms in total. The molecule has 1 aromatic rings. The summed E-state index contributed by atoms with van der Waals surface area (Å²) in [4.78, 5) is 23.9. The van der Waals surface area contributed by atoms with E-state index in [1.807, 2.05) is 20.8 Å². The van der Waals surface area contributed by atoms with Crippen molar-refractivity contribution in [1.82, 2.24) is 5.32 Å². The third-order valence-electron chi connectivity index (χ3n) is 3.75. The molecule has 1 aliphatic rings. The van der Waals surface area contributed by atoms with Gasteiger partial charge in [-0.1, -0.05) is 11.6 Å². The van der Waals surface area contributed by atoms with Crippen LogP contribution in [0.3, 0.4) is 0 Å². The van der Waals surface area contributed by atoms with Crippen LogP contribution in [0.5, 0.6) is 0 Å². The number of ether oxygens (including phenoxy) is 2. The molecule has 1 saturated carbocycles. The maximum absolute atomic E-state index is 12.1. The molecule has 1 aromatic carbocycles. The van der Waals surface area contributed by atoms with Crippen LogP contribution >= 0.6 is 11.6 Å². The maximum atomic E-state index is 12.1. The summed E-state index contributed by atoms with van der Waals surface area (Å²) in [7, 11) is 0. The molecule has 0 radical (unpaired) electrons. The van der Waals surface area contributed by atoms with E-state index in [4.69, 9.17) is 21.1 Å². The van der Waals surface area contributed by atoms with E-state index in [1.54, 1.807) is 24.3 Å². The average Bonchev–Trinajstić information content (AvgIpc) is 2.48. The van der Waals surface area contributed by atoms with Crippen molar-refractivity contribution < 1.29 is 19.1 Å². The zero-order chi connectivity index (χ0) is 17.7. The van der Waals surface area contributed by atoms with Gasteiger partial charge in [0.25, 0.3) is 0 Å². The SMILES string of the molecule is CC(C)(C)OC(=O)N[C@H]1CC[C@@H](OC(=O)c2ccc(Cl)cc2)CC1. The molecule has 132 valence electrons. The number of nitrogens with one attached hydrogen (secondary N) is 1. The van der Waals surface area contributed by atoms with E-state index in [9.17, 15) is 9.59 Å².